The van der Waals surface area contributed by atoms with E-state index in [1.807, 2.05) is 26.0 Å². The first kappa shape index (κ1) is 13.1. The van der Waals surface area contributed by atoms with E-state index in [2.05, 4.69) is 25.8 Å². The van der Waals surface area contributed by atoms with Crippen LogP contribution in [0.4, 0.5) is 0 Å². The summed E-state index contributed by atoms with van der Waals surface area (Å²) in [4.78, 5) is 19.9. The molecule has 2 aliphatic heterocycles. The fourth-order valence-electron chi connectivity index (χ4n) is 3.49. The predicted octanol–water partition coefficient (Wildman–Crippen LogP) is 3.23. The van der Waals surface area contributed by atoms with Gasteiger partial charge in [-0.3, -0.25) is 9.78 Å². The number of carbonyl (C=O) groups excluding carboxylic acids is 1. The molecule has 2 bridgehead atoms. The van der Waals surface area contributed by atoms with Gasteiger partial charge < -0.3 is 4.90 Å². The van der Waals surface area contributed by atoms with Crippen molar-refractivity contribution in [1.29, 1.82) is 0 Å². The highest BCUT2D eigenvalue weighted by atomic mass is 79.9. The molecule has 0 N–H and O–H groups in total. The number of amides is 1. The number of aromatic nitrogens is 1. The molecule has 19 heavy (non-hydrogen) atoms. The lowest BCUT2D eigenvalue weighted by Crippen LogP contribution is -2.47. The average Bonchev–Trinajstić information content (AvgIpc) is 2.61. The van der Waals surface area contributed by atoms with Crippen molar-refractivity contribution in [1.82, 2.24) is 9.88 Å². The van der Waals surface area contributed by atoms with Gasteiger partial charge in [0.15, 0.2) is 0 Å². The molecule has 4 heteroatoms. The van der Waals surface area contributed by atoms with E-state index in [1.165, 1.54) is 0 Å². The number of aryl methyl sites for hydroxylation is 2. The van der Waals surface area contributed by atoms with E-state index in [0.29, 0.717) is 16.9 Å². The average molecular weight is 323 g/mol. The molecular weight excluding hydrogens is 304 g/mol. The van der Waals surface area contributed by atoms with Crippen molar-refractivity contribution in [3.8, 4) is 0 Å². The van der Waals surface area contributed by atoms with Gasteiger partial charge in [0.2, 0.25) is 0 Å². The molecule has 1 aromatic rings. The summed E-state index contributed by atoms with van der Waals surface area (Å²) in [5, 5.41) is 0. The van der Waals surface area contributed by atoms with Gasteiger partial charge in [0, 0.05) is 22.6 Å². The Balaban J connectivity index is 1.88. The molecule has 3 rings (SSSR count). The lowest BCUT2D eigenvalue weighted by molar-refractivity contribution is 0.0602. The molecule has 0 radical (unpaired) electrons. The number of piperidine rings is 1. The van der Waals surface area contributed by atoms with Crippen LogP contribution in [0.2, 0.25) is 0 Å². The Kier molecular flexibility index (Phi) is 3.37. The van der Waals surface area contributed by atoms with Crippen LogP contribution in [0.15, 0.2) is 12.1 Å². The van der Waals surface area contributed by atoms with Crippen molar-refractivity contribution in [2.45, 2.75) is 56.4 Å². The minimum absolute atomic E-state index is 0.178. The summed E-state index contributed by atoms with van der Waals surface area (Å²) < 4.78 is 0. The third-order valence-electron chi connectivity index (χ3n) is 4.37. The fourth-order valence-corrected chi connectivity index (χ4v) is 4.36. The lowest BCUT2D eigenvalue weighted by Gasteiger charge is -2.37. The standard InChI is InChI=1S/C15H19BrN2O/c1-9-3-6-14(10(2)17-9)15(19)18-12-4-5-13(18)8-11(16)7-12/h3,6,11-13H,4-5,7-8H2,1-2H3. The van der Waals surface area contributed by atoms with Crippen molar-refractivity contribution in [2.75, 3.05) is 0 Å². The monoisotopic (exact) mass is 322 g/mol. The van der Waals surface area contributed by atoms with Crippen molar-refractivity contribution < 1.29 is 4.79 Å². The number of nitrogens with zero attached hydrogens (tertiary/aromatic N) is 2. The summed E-state index contributed by atoms with van der Waals surface area (Å²) in [5.74, 6) is 0.178. The highest BCUT2D eigenvalue weighted by molar-refractivity contribution is 9.09. The van der Waals surface area contributed by atoms with Crippen molar-refractivity contribution in [3.05, 3.63) is 29.1 Å². The number of carbonyl (C=O) groups is 1. The molecule has 0 aromatic carbocycles. The Hall–Kier alpha value is -0.900. The summed E-state index contributed by atoms with van der Waals surface area (Å²) in [6.45, 7) is 3.89. The van der Waals surface area contributed by atoms with Gasteiger partial charge in [-0.05, 0) is 51.7 Å². The van der Waals surface area contributed by atoms with Gasteiger partial charge in [0.05, 0.1) is 11.3 Å². The van der Waals surface area contributed by atoms with Gasteiger partial charge in [0.25, 0.3) is 5.91 Å². The SMILES string of the molecule is Cc1ccc(C(=O)N2C3CCC2CC(Br)C3)c(C)n1. The normalized spacial score (nSPS) is 29.6. The number of rotatable bonds is 1. The Morgan fingerprint density at radius 1 is 1.26 bits per heavy atom. The zero-order valence-corrected chi connectivity index (χ0v) is 13.0. The number of fused-ring (bicyclic) bond motifs is 2. The zero-order chi connectivity index (χ0) is 13.6. The van der Waals surface area contributed by atoms with Crippen LogP contribution >= 0.6 is 15.9 Å². The van der Waals surface area contributed by atoms with Crippen LogP contribution in [0, 0.1) is 13.8 Å². The van der Waals surface area contributed by atoms with E-state index in [-0.39, 0.29) is 5.91 Å². The molecule has 0 saturated carbocycles. The predicted molar refractivity (Wildman–Crippen MR) is 78.6 cm³/mol. The molecule has 2 aliphatic rings. The minimum Gasteiger partial charge on any atom is -0.333 e. The maximum atomic E-state index is 12.8. The molecule has 0 spiro atoms. The second-order valence-corrected chi connectivity index (χ2v) is 7.05. The van der Waals surface area contributed by atoms with Crippen LogP contribution in [0.5, 0.6) is 0 Å². The molecule has 2 unspecified atom stereocenters. The molecule has 2 saturated heterocycles. The molecule has 102 valence electrons. The molecule has 1 aromatic heterocycles. The number of alkyl halides is 1. The third kappa shape index (κ3) is 2.31. The molecule has 0 aliphatic carbocycles. The quantitative estimate of drug-likeness (QED) is 0.744. The Morgan fingerprint density at radius 3 is 2.47 bits per heavy atom. The van der Waals surface area contributed by atoms with Gasteiger partial charge in [-0.1, -0.05) is 15.9 Å². The zero-order valence-electron chi connectivity index (χ0n) is 11.4. The first-order valence-corrected chi connectivity index (χ1v) is 7.89. The molecule has 1 amide bonds. The Labute approximate surface area is 122 Å². The first-order valence-electron chi connectivity index (χ1n) is 6.97. The van der Waals surface area contributed by atoms with Crippen LogP contribution in [-0.4, -0.2) is 32.7 Å². The first-order chi connectivity index (χ1) is 9.06. The van der Waals surface area contributed by atoms with Crippen molar-refractivity contribution in [2.24, 2.45) is 0 Å². The van der Waals surface area contributed by atoms with E-state index >= 15 is 0 Å². The fraction of sp³-hybridized carbons (Fsp3) is 0.600. The summed E-state index contributed by atoms with van der Waals surface area (Å²) in [5.41, 5.74) is 2.59. The Bertz CT molecular complexity index is 503. The smallest absolute Gasteiger partial charge is 0.256 e. The molecule has 3 heterocycles. The number of hydrogen-bond acceptors (Lipinski definition) is 2. The molecule has 2 atom stereocenters. The maximum absolute atomic E-state index is 12.8. The topological polar surface area (TPSA) is 33.2 Å². The van der Waals surface area contributed by atoms with Gasteiger partial charge in [-0.25, -0.2) is 0 Å². The second-order valence-electron chi connectivity index (χ2n) is 5.75. The summed E-state index contributed by atoms with van der Waals surface area (Å²) in [6, 6.07) is 4.69. The highest BCUT2D eigenvalue weighted by Crippen LogP contribution is 2.39. The van der Waals surface area contributed by atoms with E-state index in [0.717, 1.165) is 42.6 Å². The lowest BCUT2D eigenvalue weighted by atomic mass is 10.0. The molecule has 2 fully saturated rings. The number of hydrogen-bond donors (Lipinski definition) is 0. The van der Waals surface area contributed by atoms with Gasteiger partial charge >= 0.3 is 0 Å². The van der Waals surface area contributed by atoms with E-state index < -0.39 is 0 Å². The maximum Gasteiger partial charge on any atom is 0.256 e. The molecule has 3 nitrogen and oxygen atoms in total. The van der Waals surface area contributed by atoms with Gasteiger partial charge in [0.1, 0.15) is 0 Å². The van der Waals surface area contributed by atoms with E-state index in [4.69, 9.17) is 0 Å². The number of halogens is 1. The molecular formula is C15H19BrN2O. The Morgan fingerprint density at radius 2 is 1.89 bits per heavy atom. The number of pyridine rings is 1. The van der Waals surface area contributed by atoms with E-state index in [1.54, 1.807) is 0 Å². The van der Waals surface area contributed by atoms with Crippen LogP contribution in [0.1, 0.15) is 47.4 Å². The van der Waals surface area contributed by atoms with Crippen LogP contribution in [0.25, 0.3) is 0 Å². The summed E-state index contributed by atoms with van der Waals surface area (Å²) >= 11 is 3.72. The second kappa shape index (κ2) is 4.89. The van der Waals surface area contributed by atoms with Crippen molar-refractivity contribution >= 4 is 21.8 Å². The summed E-state index contributed by atoms with van der Waals surface area (Å²) in [6.07, 6.45) is 4.47. The van der Waals surface area contributed by atoms with Crippen LogP contribution < -0.4 is 0 Å². The van der Waals surface area contributed by atoms with Gasteiger partial charge in [-0.2, -0.15) is 0 Å². The largest absolute Gasteiger partial charge is 0.333 e. The van der Waals surface area contributed by atoms with Gasteiger partial charge in [-0.15, -0.1) is 0 Å². The van der Waals surface area contributed by atoms with Crippen LogP contribution in [0.3, 0.4) is 0 Å². The minimum atomic E-state index is 0.178. The van der Waals surface area contributed by atoms with Crippen LogP contribution in [-0.2, 0) is 0 Å². The highest BCUT2D eigenvalue weighted by Gasteiger charge is 2.42. The van der Waals surface area contributed by atoms with Crippen molar-refractivity contribution in [3.63, 3.8) is 0 Å². The van der Waals surface area contributed by atoms with E-state index in [9.17, 15) is 4.79 Å². The third-order valence-corrected chi connectivity index (χ3v) is 5.11. The summed E-state index contributed by atoms with van der Waals surface area (Å²) in [7, 11) is 0.